The molecule has 7 heteroatoms. The topological polar surface area (TPSA) is 78.9 Å². The number of hydrogen-bond donors (Lipinski definition) is 2. The Balaban J connectivity index is 2.71. The van der Waals surface area contributed by atoms with Gasteiger partial charge < -0.3 is 20.1 Å². The Hall–Kier alpha value is -1.76. The molecule has 21 heavy (non-hydrogen) atoms. The SMILES string of the molecule is CC(C)Oc1cc(Br)cc(NC(=O)N(C)CCC(=O)O)c1. The molecule has 0 bridgehead atoms. The van der Waals surface area contributed by atoms with Crippen LogP contribution in [0.1, 0.15) is 20.3 Å². The molecular formula is C14H19BrN2O4. The van der Waals surface area contributed by atoms with Crippen LogP contribution in [0.25, 0.3) is 0 Å². The molecule has 0 unspecified atom stereocenters. The molecule has 2 amide bonds. The second kappa shape index (κ2) is 7.87. The number of carbonyl (C=O) groups excluding carboxylic acids is 1. The molecule has 6 nitrogen and oxygen atoms in total. The van der Waals surface area contributed by atoms with E-state index in [1.54, 1.807) is 19.2 Å². The maximum atomic E-state index is 11.9. The number of carbonyl (C=O) groups is 2. The maximum Gasteiger partial charge on any atom is 0.321 e. The van der Waals surface area contributed by atoms with Crippen LogP contribution in [-0.4, -0.2) is 41.7 Å². The van der Waals surface area contributed by atoms with Crippen molar-refractivity contribution >= 4 is 33.6 Å². The highest BCUT2D eigenvalue weighted by molar-refractivity contribution is 9.10. The van der Waals surface area contributed by atoms with Gasteiger partial charge in [-0.3, -0.25) is 4.79 Å². The lowest BCUT2D eigenvalue weighted by molar-refractivity contribution is -0.137. The van der Waals surface area contributed by atoms with Crippen molar-refractivity contribution < 1.29 is 19.4 Å². The summed E-state index contributed by atoms with van der Waals surface area (Å²) in [6.45, 7) is 3.97. The summed E-state index contributed by atoms with van der Waals surface area (Å²) >= 11 is 3.36. The Bertz CT molecular complexity index is 520. The molecule has 0 aromatic heterocycles. The largest absolute Gasteiger partial charge is 0.491 e. The minimum Gasteiger partial charge on any atom is -0.491 e. The Labute approximate surface area is 132 Å². The fraction of sp³-hybridized carbons (Fsp3) is 0.429. The van der Waals surface area contributed by atoms with E-state index in [0.29, 0.717) is 11.4 Å². The van der Waals surface area contributed by atoms with Crippen molar-refractivity contribution in [2.75, 3.05) is 18.9 Å². The first kappa shape index (κ1) is 17.3. The average molecular weight is 359 g/mol. The van der Waals surface area contributed by atoms with Gasteiger partial charge in [0.2, 0.25) is 0 Å². The van der Waals surface area contributed by atoms with E-state index in [1.165, 1.54) is 4.90 Å². The van der Waals surface area contributed by atoms with Gasteiger partial charge in [-0.15, -0.1) is 0 Å². The molecule has 1 rings (SSSR count). The van der Waals surface area contributed by atoms with Crippen LogP contribution in [0.4, 0.5) is 10.5 Å². The van der Waals surface area contributed by atoms with E-state index in [-0.39, 0.29) is 25.1 Å². The number of ether oxygens (including phenoxy) is 1. The van der Waals surface area contributed by atoms with E-state index in [4.69, 9.17) is 9.84 Å². The predicted molar refractivity (Wildman–Crippen MR) is 83.8 cm³/mol. The van der Waals surface area contributed by atoms with Crippen LogP contribution in [0.15, 0.2) is 22.7 Å². The van der Waals surface area contributed by atoms with Gasteiger partial charge in [-0.1, -0.05) is 15.9 Å². The van der Waals surface area contributed by atoms with Crippen LogP contribution in [-0.2, 0) is 4.79 Å². The minimum absolute atomic E-state index is 0.0288. The Kier molecular flexibility index (Phi) is 6.48. The monoisotopic (exact) mass is 358 g/mol. The van der Waals surface area contributed by atoms with Crippen molar-refractivity contribution in [1.29, 1.82) is 0 Å². The zero-order chi connectivity index (χ0) is 16.0. The lowest BCUT2D eigenvalue weighted by Gasteiger charge is -2.18. The number of amides is 2. The Morgan fingerprint density at radius 3 is 2.62 bits per heavy atom. The van der Waals surface area contributed by atoms with Gasteiger partial charge in [0.1, 0.15) is 5.75 Å². The molecule has 0 atom stereocenters. The number of anilines is 1. The molecule has 0 fully saturated rings. The second-order valence-electron chi connectivity index (χ2n) is 4.84. The number of nitrogens with zero attached hydrogens (tertiary/aromatic N) is 1. The molecular weight excluding hydrogens is 340 g/mol. The van der Waals surface area contributed by atoms with Crippen LogP contribution in [0, 0.1) is 0 Å². The minimum atomic E-state index is -0.940. The molecule has 0 aliphatic carbocycles. The molecule has 0 saturated carbocycles. The zero-order valence-corrected chi connectivity index (χ0v) is 13.8. The van der Waals surface area contributed by atoms with Gasteiger partial charge in [-0.05, 0) is 26.0 Å². The zero-order valence-electron chi connectivity index (χ0n) is 12.2. The highest BCUT2D eigenvalue weighted by Gasteiger charge is 2.11. The average Bonchev–Trinajstić information content (AvgIpc) is 2.33. The second-order valence-corrected chi connectivity index (χ2v) is 5.75. The van der Waals surface area contributed by atoms with Gasteiger partial charge in [-0.2, -0.15) is 0 Å². The number of carboxylic acid groups (broad SMARTS) is 1. The maximum absolute atomic E-state index is 11.9. The molecule has 0 aliphatic rings. The summed E-state index contributed by atoms with van der Waals surface area (Å²) in [5.41, 5.74) is 0.576. The molecule has 2 N–H and O–H groups in total. The van der Waals surface area contributed by atoms with Crippen LogP contribution >= 0.6 is 15.9 Å². The molecule has 0 spiro atoms. The highest BCUT2D eigenvalue weighted by Crippen LogP contribution is 2.25. The first-order chi connectivity index (χ1) is 9.77. The Morgan fingerprint density at radius 1 is 1.38 bits per heavy atom. The lowest BCUT2D eigenvalue weighted by atomic mass is 10.3. The van der Waals surface area contributed by atoms with E-state index in [0.717, 1.165) is 4.47 Å². The molecule has 0 radical (unpaired) electrons. The number of rotatable bonds is 6. The standard InChI is InChI=1S/C14H19BrN2O4/c1-9(2)21-12-7-10(15)6-11(8-12)16-14(20)17(3)5-4-13(18)19/h6-9H,4-5H2,1-3H3,(H,16,20)(H,18,19). The molecule has 0 heterocycles. The summed E-state index contributed by atoms with van der Waals surface area (Å²) in [5, 5.41) is 11.3. The first-order valence-electron chi connectivity index (χ1n) is 6.49. The van der Waals surface area contributed by atoms with E-state index >= 15 is 0 Å². The van der Waals surface area contributed by atoms with Gasteiger partial charge >= 0.3 is 12.0 Å². The van der Waals surface area contributed by atoms with E-state index < -0.39 is 5.97 Å². The van der Waals surface area contributed by atoms with E-state index in [2.05, 4.69) is 21.2 Å². The summed E-state index contributed by atoms with van der Waals surface area (Å²) in [6, 6.07) is 4.90. The fourth-order valence-corrected chi connectivity index (χ4v) is 2.03. The van der Waals surface area contributed by atoms with Gasteiger partial charge in [0.25, 0.3) is 0 Å². The third kappa shape index (κ3) is 6.48. The van der Waals surface area contributed by atoms with Gasteiger partial charge in [-0.25, -0.2) is 4.79 Å². The van der Waals surface area contributed by atoms with Crippen LogP contribution in [0.5, 0.6) is 5.75 Å². The van der Waals surface area contributed by atoms with Crippen LogP contribution < -0.4 is 10.1 Å². The summed E-state index contributed by atoms with van der Waals surface area (Å²) in [6.07, 6.45) is -0.0644. The molecule has 0 aliphatic heterocycles. The van der Waals surface area contributed by atoms with Crippen molar-refractivity contribution in [2.24, 2.45) is 0 Å². The summed E-state index contributed by atoms with van der Waals surface area (Å²) in [7, 11) is 1.54. The van der Waals surface area contributed by atoms with Crippen molar-refractivity contribution in [3.05, 3.63) is 22.7 Å². The molecule has 116 valence electrons. The lowest BCUT2D eigenvalue weighted by Crippen LogP contribution is -2.33. The first-order valence-corrected chi connectivity index (χ1v) is 7.28. The molecule has 0 saturated heterocycles. The summed E-state index contributed by atoms with van der Waals surface area (Å²) in [4.78, 5) is 23.7. The third-order valence-electron chi connectivity index (χ3n) is 2.50. The van der Waals surface area contributed by atoms with E-state index in [1.807, 2.05) is 19.9 Å². The van der Waals surface area contributed by atoms with Gasteiger partial charge in [0, 0.05) is 29.8 Å². The quantitative estimate of drug-likeness (QED) is 0.818. The smallest absolute Gasteiger partial charge is 0.321 e. The van der Waals surface area contributed by atoms with Gasteiger partial charge in [0.05, 0.1) is 12.5 Å². The summed E-state index contributed by atoms with van der Waals surface area (Å²) < 4.78 is 6.37. The fourth-order valence-electron chi connectivity index (χ4n) is 1.56. The molecule has 1 aromatic rings. The third-order valence-corrected chi connectivity index (χ3v) is 2.96. The van der Waals surface area contributed by atoms with Crippen molar-refractivity contribution in [3.8, 4) is 5.75 Å². The number of carboxylic acids is 1. The predicted octanol–water partition coefficient (Wildman–Crippen LogP) is 3.17. The summed E-state index contributed by atoms with van der Waals surface area (Å²) in [5.74, 6) is -0.299. The van der Waals surface area contributed by atoms with Crippen molar-refractivity contribution in [2.45, 2.75) is 26.4 Å². The van der Waals surface area contributed by atoms with Crippen molar-refractivity contribution in [1.82, 2.24) is 4.90 Å². The normalized spacial score (nSPS) is 10.3. The van der Waals surface area contributed by atoms with Crippen LogP contribution in [0.2, 0.25) is 0 Å². The number of halogens is 1. The number of urea groups is 1. The molecule has 1 aromatic carbocycles. The highest BCUT2D eigenvalue weighted by atomic mass is 79.9. The van der Waals surface area contributed by atoms with E-state index in [9.17, 15) is 9.59 Å². The number of hydrogen-bond acceptors (Lipinski definition) is 3. The van der Waals surface area contributed by atoms with Crippen molar-refractivity contribution in [3.63, 3.8) is 0 Å². The number of benzene rings is 1. The van der Waals surface area contributed by atoms with Gasteiger partial charge in [0.15, 0.2) is 0 Å². The number of nitrogens with one attached hydrogen (secondary N) is 1. The number of aliphatic carboxylic acids is 1. The van der Waals surface area contributed by atoms with Crippen LogP contribution in [0.3, 0.4) is 0 Å². The Morgan fingerprint density at radius 2 is 2.05 bits per heavy atom.